The van der Waals surface area contributed by atoms with E-state index in [1.165, 1.54) is 36.9 Å². The van der Waals surface area contributed by atoms with Crippen LogP contribution in [0.5, 0.6) is 0 Å². The first-order valence-electron chi connectivity index (χ1n) is 6.13. The van der Waals surface area contributed by atoms with Crippen molar-refractivity contribution in [2.45, 2.75) is 39.2 Å². The molecule has 1 heterocycles. The largest absolute Gasteiger partial charge is 0.312 e. The van der Waals surface area contributed by atoms with Crippen LogP contribution < -0.4 is 5.32 Å². The molecule has 0 saturated carbocycles. The molecule has 0 unspecified atom stereocenters. The molecule has 0 bridgehead atoms. The standard InChI is InChI=1S/C13H21N3/c1-11-13(10-15-16(11)2)9-14-8-7-12-5-3-4-6-12/h5,10,14H,3-4,6-9H2,1-2H3. The summed E-state index contributed by atoms with van der Waals surface area (Å²) in [6.07, 6.45) is 9.52. The van der Waals surface area contributed by atoms with Gasteiger partial charge in [0.1, 0.15) is 0 Å². The van der Waals surface area contributed by atoms with Crippen molar-refractivity contribution in [3.63, 3.8) is 0 Å². The summed E-state index contributed by atoms with van der Waals surface area (Å²) in [6, 6.07) is 0. The van der Waals surface area contributed by atoms with Gasteiger partial charge in [0, 0.05) is 24.8 Å². The topological polar surface area (TPSA) is 29.9 Å². The van der Waals surface area contributed by atoms with Gasteiger partial charge in [0.25, 0.3) is 0 Å². The first-order valence-corrected chi connectivity index (χ1v) is 6.13. The van der Waals surface area contributed by atoms with Gasteiger partial charge in [-0.1, -0.05) is 11.6 Å². The summed E-state index contributed by atoms with van der Waals surface area (Å²) in [5.74, 6) is 0. The van der Waals surface area contributed by atoms with Crippen molar-refractivity contribution in [3.8, 4) is 0 Å². The van der Waals surface area contributed by atoms with Gasteiger partial charge in [-0.3, -0.25) is 4.68 Å². The molecular weight excluding hydrogens is 198 g/mol. The number of hydrogen-bond acceptors (Lipinski definition) is 2. The van der Waals surface area contributed by atoms with E-state index in [-0.39, 0.29) is 0 Å². The van der Waals surface area contributed by atoms with Gasteiger partial charge in [-0.25, -0.2) is 0 Å². The molecule has 1 aliphatic carbocycles. The first kappa shape index (κ1) is 11.4. The highest BCUT2D eigenvalue weighted by Crippen LogP contribution is 2.19. The minimum absolute atomic E-state index is 0.937. The number of aryl methyl sites for hydroxylation is 1. The molecule has 3 nitrogen and oxygen atoms in total. The number of rotatable bonds is 5. The maximum absolute atomic E-state index is 4.24. The molecule has 88 valence electrons. The van der Waals surface area contributed by atoms with Gasteiger partial charge in [0.15, 0.2) is 0 Å². The zero-order chi connectivity index (χ0) is 11.4. The first-order chi connectivity index (χ1) is 7.77. The van der Waals surface area contributed by atoms with Crippen LogP contribution in [0.2, 0.25) is 0 Å². The van der Waals surface area contributed by atoms with Gasteiger partial charge in [0.2, 0.25) is 0 Å². The molecule has 1 aliphatic rings. The van der Waals surface area contributed by atoms with Gasteiger partial charge in [-0.05, 0) is 39.2 Å². The normalized spacial score (nSPS) is 15.5. The van der Waals surface area contributed by atoms with Crippen LogP contribution in [0.25, 0.3) is 0 Å². The molecule has 0 amide bonds. The Bertz CT molecular complexity index is 377. The molecule has 0 spiro atoms. The Morgan fingerprint density at radius 2 is 2.38 bits per heavy atom. The van der Waals surface area contributed by atoms with Crippen LogP contribution in [-0.4, -0.2) is 16.3 Å². The number of nitrogens with zero attached hydrogens (tertiary/aromatic N) is 2. The van der Waals surface area contributed by atoms with E-state index >= 15 is 0 Å². The maximum Gasteiger partial charge on any atom is 0.0537 e. The second-order valence-corrected chi connectivity index (χ2v) is 4.56. The summed E-state index contributed by atoms with van der Waals surface area (Å²) in [6.45, 7) is 4.14. The minimum atomic E-state index is 0.937. The summed E-state index contributed by atoms with van der Waals surface area (Å²) in [7, 11) is 1.99. The SMILES string of the molecule is Cc1c(CNCCC2=CCCC2)cnn1C. The highest BCUT2D eigenvalue weighted by Gasteiger charge is 2.05. The minimum Gasteiger partial charge on any atom is -0.312 e. The third-order valence-electron chi connectivity index (χ3n) is 3.41. The lowest BCUT2D eigenvalue weighted by atomic mass is 10.1. The van der Waals surface area contributed by atoms with Crippen LogP contribution in [-0.2, 0) is 13.6 Å². The van der Waals surface area contributed by atoms with Crippen LogP contribution in [0, 0.1) is 6.92 Å². The van der Waals surface area contributed by atoms with Crippen LogP contribution in [0.4, 0.5) is 0 Å². The number of aromatic nitrogens is 2. The van der Waals surface area contributed by atoms with Crippen molar-refractivity contribution in [1.29, 1.82) is 0 Å². The van der Waals surface area contributed by atoms with Crippen molar-refractivity contribution in [1.82, 2.24) is 15.1 Å². The average molecular weight is 219 g/mol. The highest BCUT2D eigenvalue weighted by atomic mass is 15.3. The van der Waals surface area contributed by atoms with Crippen molar-refractivity contribution in [3.05, 3.63) is 29.1 Å². The summed E-state index contributed by atoms with van der Waals surface area (Å²) >= 11 is 0. The zero-order valence-electron chi connectivity index (χ0n) is 10.3. The monoisotopic (exact) mass is 219 g/mol. The average Bonchev–Trinajstić information content (AvgIpc) is 2.88. The summed E-state index contributed by atoms with van der Waals surface area (Å²) < 4.78 is 1.93. The molecule has 1 N–H and O–H groups in total. The highest BCUT2D eigenvalue weighted by molar-refractivity contribution is 5.15. The third kappa shape index (κ3) is 2.73. The van der Waals surface area contributed by atoms with Crippen LogP contribution in [0.15, 0.2) is 17.8 Å². The van der Waals surface area contributed by atoms with Gasteiger partial charge < -0.3 is 5.32 Å². The molecule has 1 aromatic heterocycles. The third-order valence-corrected chi connectivity index (χ3v) is 3.41. The Balaban J connectivity index is 1.70. The smallest absolute Gasteiger partial charge is 0.0537 e. The van der Waals surface area contributed by atoms with E-state index in [4.69, 9.17) is 0 Å². The predicted octanol–water partition coefficient (Wildman–Crippen LogP) is 2.32. The van der Waals surface area contributed by atoms with E-state index in [2.05, 4.69) is 23.4 Å². The van der Waals surface area contributed by atoms with E-state index in [1.807, 2.05) is 17.9 Å². The Morgan fingerprint density at radius 1 is 1.50 bits per heavy atom. The molecular formula is C13H21N3. The summed E-state index contributed by atoms with van der Waals surface area (Å²) in [4.78, 5) is 0. The Morgan fingerprint density at radius 3 is 3.00 bits per heavy atom. The quantitative estimate of drug-likeness (QED) is 0.608. The van der Waals surface area contributed by atoms with Crippen molar-refractivity contribution < 1.29 is 0 Å². The lowest BCUT2D eigenvalue weighted by Gasteiger charge is -2.05. The van der Waals surface area contributed by atoms with E-state index in [0.717, 1.165) is 13.1 Å². The fourth-order valence-corrected chi connectivity index (χ4v) is 2.15. The zero-order valence-corrected chi connectivity index (χ0v) is 10.3. The predicted molar refractivity (Wildman–Crippen MR) is 66.2 cm³/mol. The Hall–Kier alpha value is -1.09. The van der Waals surface area contributed by atoms with Crippen LogP contribution >= 0.6 is 0 Å². The second kappa shape index (κ2) is 5.30. The lowest BCUT2D eigenvalue weighted by molar-refractivity contribution is 0.670. The summed E-state index contributed by atoms with van der Waals surface area (Å²) in [5.41, 5.74) is 4.20. The van der Waals surface area contributed by atoms with Gasteiger partial charge in [0.05, 0.1) is 6.20 Å². The number of allylic oxidation sites excluding steroid dienone is 1. The molecule has 3 heteroatoms. The molecule has 0 aromatic carbocycles. The molecule has 2 rings (SSSR count). The number of nitrogens with one attached hydrogen (secondary N) is 1. The Labute approximate surface area is 97.5 Å². The van der Waals surface area contributed by atoms with Crippen LogP contribution in [0.1, 0.15) is 36.9 Å². The fourth-order valence-electron chi connectivity index (χ4n) is 2.15. The van der Waals surface area contributed by atoms with Crippen LogP contribution in [0.3, 0.4) is 0 Å². The van der Waals surface area contributed by atoms with Crippen molar-refractivity contribution in [2.24, 2.45) is 7.05 Å². The molecule has 0 aliphatic heterocycles. The van der Waals surface area contributed by atoms with Gasteiger partial charge in [-0.15, -0.1) is 0 Å². The van der Waals surface area contributed by atoms with E-state index < -0.39 is 0 Å². The second-order valence-electron chi connectivity index (χ2n) is 4.56. The van der Waals surface area contributed by atoms with Crippen molar-refractivity contribution in [2.75, 3.05) is 6.54 Å². The molecule has 16 heavy (non-hydrogen) atoms. The molecule has 1 aromatic rings. The maximum atomic E-state index is 4.24. The molecule has 0 radical (unpaired) electrons. The van der Waals surface area contributed by atoms with E-state index in [9.17, 15) is 0 Å². The Kier molecular flexibility index (Phi) is 3.78. The fraction of sp³-hybridized carbons (Fsp3) is 0.615. The molecule has 0 atom stereocenters. The van der Waals surface area contributed by atoms with Gasteiger partial charge >= 0.3 is 0 Å². The van der Waals surface area contributed by atoms with E-state index in [0.29, 0.717) is 0 Å². The summed E-state index contributed by atoms with van der Waals surface area (Å²) in [5, 5.41) is 7.73. The lowest BCUT2D eigenvalue weighted by Crippen LogP contribution is -2.15. The van der Waals surface area contributed by atoms with Crippen molar-refractivity contribution >= 4 is 0 Å². The number of hydrogen-bond donors (Lipinski definition) is 1. The molecule has 0 fully saturated rings. The van der Waals surface area contributed by atoms with E-state index in [1.54, 1.807) is 5.57 Å². The molecule has 0 saturated heterocycles. The van der Waals surface area contributed by atoms with Gasteiger partial charge in [-0.2, -0.15) is 5.10 Å².